The molecule has 3 aromatic carbocycles. The lowest BCUT2D eigenvalue weighted by molar-refractivity contribution is -0.122. The summed E-state index contributed by atoms with van der Waals surface area (Å²) in [6, 6.07) is 27.8. The number of nitrogens with zero attached hydrogens (tertiary/aromatic N) is 1. The van der Waals surface area contributed by atoms with Gasteiger partial charge in [-0.15, -0.1) is 0 Å². The summed E-state index contributed by atoms with van der Waals surface area (Å²) >= 11 is 0. The number of carbonyl (C=O) groups excluding carboxylic acids is 1. The molecule has 4 rings (SSSR count). The Hall–Kier alpha value is -2.91. The van der Waals surface area contributed by atoms with E-state index in [0.29, 0.717) is 5.78 Å². The van der Waals surface area contributed by atoms with Crippen LogP contribution in [0.15, 0.2) is 78.9 Å². The van der Waals surface area contributed by atoms with Crippen LogP contribution in [0.3, 0.4) is 0 Å². The number of likely N-dealkylation sites (N-methyl/N-ethyl adjacent to an activating group) is 1. The molecular formula is C31H37NO2. The van der Waals surface area contributed by atoms with E-state index in [-0.39, 0.29) is 18.0 Å². The van der Waals surface area contributed by atoms with Gasteiger partial charge in [-0.1, -0.05) is 80.1 Å². The van der Waals surface area contributed by atoms with Gasteiger partial charge in [-0.05, 0) is 73.5 Å². The van der Waals surface area contributed by atoms with Crippen LogP contribution in [0, 0.1) is 5.92 Å². The molecule has 1 aliphatic rings. The minimum atomic E-state index is -0.0650. The van der Waals surface area contributed by atoms with E-state index in [0.717, 1.165) is 44.3 Å². The van der Waals surface area contributed by atoms with Gasteiger partial charge in [0.1, 0.15) is 5.75 Å². The number of methoxy groups -OCH3 is 1. The summed E-state index contributed by atoms with van der Waals surface area (Å²) in [6.07, 6.45) is 5.92. The van der Waals surface area contributed by atoms with Crippen LogP contribution in [0.5, 0.6) is 5.75 Å². The second kappa shape index (κ2) is 11.5. The molecule has 0 amide bonds. The van der Waals surface area contributed by atoms with Gasteiger partial charge in [0.25, 0.3) is 0 Å². The van der Waals surface area contributed by atoms with Crippen LogP contribution in [0.2, 0.25) is 0 Å². The number of carbonyl (C=O) groups is 1. The van der Waals surface area contributed by atoms with Crippen molar-refractivity contribution in [2.24, 2.45) is 5.92 Å². The van der Waals surface area contributed by atoms with E-state index >= 15 is 0 Å². The maximum atomic E-state index is 13.7. The van der Waals surface area contributed by atoms with Crippen LogP contribution >= 0.6 is 0 Å². The molecule has 34 heavy (non-hydrogen) atoms. The molecule has 0 bridgehead atoms. The number of Topliss-reactive ketones (excluding diaryl/α,β-unsaturated/α-hetero) is 1. The van der Waals surface area contributed by atoms with Crippen LogP contribution in [0.25, 0.3) is 0 Å². The molecule has 3 nitrogen and oxygen atoms in total. The molecule has 0 spiro atoms. The number of aryl methyl sites for hydroxylation is 2. The van der Waals surface area contributed by atoms with E-state index < -0.39 is 0 Å². The summed E-state index contributed by atoms with van der Waals surface area (Å²) in [5, 5.41) is 0. The highest BCUT2D eigenvalue weighted by molar-refractivity contribution is 5.89. The van der Waals surface area contributed by atoms with Crippen molar-refractivity contribution in [3.63, 3.8) is 0 Å². The Morgan fingerprint density at radius 1 is 0.824 bits per heavy atom. The maximum absolute atomic E-state index is 13.7. The van der Waals surface area contributed by atoms with Crippen LogP contribution in [-0.2, 0) is 24.1 Å². The number of rotatable bonds is 10. The van der Waals surface area contributed by atoms with Gasteiger partial charge >= 0.3 is 0 Å². The van der Waals surface area contributed by atoms with E-state index in [1.54, 1.807) is 7.11 Å². The Kier molecular flexibility index (Phi) is 8.18. The second-order valence-electron chi connectivity index (χ2n) is 9.51. The van der Waals surface area contributed by atoms with Crippen LogP contribution in [-0.4, -0.2) is 30.9 Å². The Labute approximate surface area is 204 Å². The van der Waals surface area contributed by atoms with Gasteiger partial charge in [0, 0.05) is 12.0 Å². The summed E-state index contributed by atoms with van der Waals surface area (Å²) in [5.41, 5.74) is 5.16. The van der Waals surface area contributed by atoms with Gasteiger partial charge in [-0.25, -0.2) is 0 Å². The molecule has 1 unspecified atom stereocenters. The third-order valence-corrected chi connectivity index (χ3v) is 7.40. The summed E-state index contributed by atoms with van der Waals surface area (Å²) in [4.78, 5) is 16.0. The Balaban J connectivity index is 1.47. The number of unbranched alkanes of at least 4 members (excludes halogenated alkanes) is 1. The lowest BCUT2D eigenvalue weighted by Crippen LogP contribution is -2.32. The molecule has 3 atom stereocenters. The highest BCUT2D eigenvalue weighted by Gasteiger charge is 2.46. The largest absolute Gasteiger partial charge is 0.497 e. The van der Waals surface area contributed by atoms with Crippen molar-refractivity contribution >= 4 is 5.78 Å². The van der Waals surface area contributed by atoms with Crippen molar-refractivity contribution in [3.8, 4) is 5.75 Å². The predicted molar refractivity (Wildman–Crippen MR) is 139 cm³/mol. The third kappa shape index (κ3) is 5.59. The average Bonchev–Trinajstić information content (AvgIpc) is 3.11. The quantitative estimate of drug-likeness (QED) is 0.329. The highest BCUT2D eigenvalue weighted by atomic mass is 16.5. The zero-order valence-electron chi connectivity index (χ0n) is 20.7. The van der Waals surface area contributed by atoms with Crippen LogP contribution in [0.1, 0.15) is 54.5 Å². The van der Waals surface area contributed by atoms with Crippen LogP contribution < -0.4 is 4.74 Å². The van der Waals surface area contributed by atoms with Crippen molar-refractivity contribution in [1.29, 1.82) is 0 Å². The first-order valence-electron chi connectivity index (χ1n) is 12.6. The molecule has 1 saturated heterocycles. The summed E-state index contributed by atoms with van der Waals surface area (Å²) in [5.74, 6) is 1.34. The fourth-order valence-corrected chi connectivity index (χ4v) is 5.37. The number of ether oxygens (including phenoxy) is 1. The first-order valence-corrected chi connectivity index (χ1v) is 12.6. The second-order valence-corrected chi connectivity index (χ2v) is 9.51. The molecule has 0 N–H and O–H groups in total. The van der Waals surface area contributed by atoms with Crippen LogP contribution in [0.4, 0.5) is 0 Å². The van der Waals surface area contributed by atoms with E-state index in [2.05, 4.69) is 79.5 Å². The average molecular weight is 456 g/mol. The Morgan fingerprint density at radius 3 is 2.15 bits per heavy atom. The Morgan fingerprint density at radius 2 is 1.50 bits per heavy atom. The van der Waals surface area contributed by atoms with Gasteiger partial charge < -0.3 is 4.74 Å². The molecule has 1 heterocycles. The smallest absolute Gasteiger partial charge is 0.155 e. The molecule has 0 aliphatic carbocycles. The van der Waals surface area contributed by atoms with Gasteiger partial charge in [0.15, 0.2) is 5.78 Å². The molecule has 0 saturated carbocycles. The molecule has 1 fully saturated rings. The predicted octanol–water partition coefficient (Wildman–Crippen LogP) is 6.45. The molecule has 3 aromatic rings. The lowest BCUT2D eigenvalue weighted by Gasteiger charge is -2.27. The molecular weight excluding hydrogens is 418 g/mol. The summed E-state index contributed by atoms with van der Waals surface area (Å²) in [7, 11) is 3.84. The molecule has 0 radical (unpaired) electrons. The minimum Gasteiger partial charge on any atom is -0.497 e. The fraction of sp³-hybridized carbons (Fsp3) is 0.387. The zero-order valence-corrected chi connectivity index (χ0v) is 20.7. The van der Waals surface area contributed by atoms with Gasteiger partial charge in [-0.3, -0.25) is 9.69 Å². The summed E-state index contributed by atoms with van der Waals surface area (Å²) < 4.78 is 5.26. The monoisotopic (exact) mass is 455 g/mol. The first-order chi connectivity index (χ1) is 16.6. The SMILES string of the molecule is CCc1ccc([C@H]2C(CCCCc3ccc(OC)cc3)C(=O)[C@H](Cc3ccccc3)N2C)cc1. The number of benzene rings is 3. The number of hydrogen-bond donors (Lipinski definition) is 0. The van der Waals surface area contributed by atoms with Crippen molar-refractivity contribution in [2.75, 3.05) is 14.2 Å². The van der Waals surface area contributed by atoms with Gasteiger partial charge in [-0.2, -0.15) is 0 Å². The summed E-state index contributed by atoms with van der Waals surface area (Å²) in [6.45, 7) is 2.18. The van der Waals surface area contributed by atoms with Gasteiger partial charge in [0.2, 0.25) is 0 Å². The minimum absolute atomic E-state index is 0.0436. The Bertz CT molecular complexity index is 1040. The number of ketones is 1. The maximum Gasteiger partial charge on any atom is 0.155 e. The molecule has 0 aromatic heterocycles. The topological polar surface area (TPSA) is 29.5 Å². The number of hydrogen-bond acceptors (Lipinski definition) is 3. The first kappa shape index (κ1) is 24.2. The standard InChI is InChI=1S/C31H37NO2/c1-4-23-14-18-26(19-15-23)30-28(13-9-8-10-24-16-20-27(34-3)21-17-24)31(33)29(32(30)2)22-25-11-6-5-7-12-25/h5-7,11-12,14-21,28-30H,4,8-10,13,22H2,1-3H3/t28?,29-,30-/m0/s1. The highest BCUT2D eigenvalue weighted by Crippen LogP contribution is 2.41. The van der Waals surface area contributed by atoms with Crippen molar-refractivity contribution in [1.82, 2.24) is 4.90 Å². The van der Waals surface area contributed by atoms with Crippen molar-refractivity contribution in [2.45, 2.75) is 57.5 Å². The molecule has 178 valence electrons. The van der Waals surface area contributed by atoms with E-state index in [1.165, 1.54) is 22.3 Å². The van der Waals surface area contributed by atoms with E-state index in [9.17, 15) is 4.79 Å². The van der Waals surface area contributed by atoms with E-state index in [4.69, 9.17) is 4.74 Å². The third-order valence-electron chi connectivity index (χ3n) is 7.40. The normalized spacial score (nSPS) is 20.6. The fourth-order valence-electron chi connectivity index (χ4n) is 5.37. The van der Waals surface area contributed by atoms with Gasteiger partial charge in [0.05, 0.1) is 13.2 Å². The number of likely N-dealkylation sites (tertiary alicyclic amines) is 1. The lowest BCUT2D eigenvalue weighted by atomic mass is 9.86. The van der Waals surface area contributed by atoms with Crippen molar-refractivity contribution in [3.05, 3.63) is 101 Å². The van der Waals surface area contributed by atoms with Crippen molar-refractivity contribution < 1.29 is 9.53 Å². The zero-order chi connectivity index (χ0) is 23.9. The molecule has 1 aliphatic heterocycles. The van der Waals surface area contributed by atoms with E-state index in [1.807, 2.05) is 18.2 Å². The molecule has 3 heteroatoms.